The Morgan fingerprint density at radius 3 is 1.51 bits per heavy atom. The fourth-order valence-electron chi connectivity index (χ4n) is 13.5. The summed E-state index contributed by atoms with van der Waals surface area (Å²) in [5, 5.41) is 1.34. The molecule has 474 valence electrons. The quantitative estimate of drug-likeness (QED) is 0.107. The molecule has 0 bridgehead atoms. The van der Waals surface area contributed by atoms with Gasteiger partial charge in [-0.3, -0.25) is 38.7 Å². The number of rotatable bonds is 12. The molecule has 0 spiro atoms. The number of aliphatic imine (C=N–C) groups is 3. The molecule has 3 fully saturated rings. The lowest BCUT2D eigenvalue weighted by Gasteiger charge is -2.40. The van der Waals surface area contributed by atoms with Gasteiger partial charge < -0.3 is 27.0 Å². The van der Waals surface area contributed by atoms with Crippen LogP contribution < -0.4 is 17.2 Å². The second-order valence-corrected chi connectivity index (χ2v) is 26.8. The van der Waals surface area contributed by atoms with Crippen LogP contribution >= 0.6 is 23.2 Å². The smallest absolute Gasteiger partial charge is 0.266 e. The number of amides is 5. The van der Waals surface area contributed by atoms with Crippen LogP contribution in [0, 0.1) is 17.3 Å². The largest absolute Gasteiger partial charge is 0.369 e. The molecule has 0 aromatic heterocycles. The van der Waals surface area contributed by atoms with Crippen LogP contribution in [0.3, 0.4) is 0 Å². The predicted molar refractivity (Wildman–Crippen MR) is 364 cm³/mol. The Hall–Kier alpha value is -9.12. The van der Waals surface area contributed by atoms with E-state index in [1.54, 1.807) is 23.8 Å². The fourth-order valence-corrected chi connectivity index (χ4v) is 13.9. The molecule has 16 nitrogen and oxygen atoms in total. The number of likely N-dealkylation sites (tertiary alicyclic amines) is 2. The zero-order valence-corrected chi connectivity index (χ0v) is 54.3. The van der Waals surface area contributed by atoms with Gasteiger partial charge >= 0.3 is 0 Å². The first kappa shape index (κ1) is 64.4. The molecular weight excluding hydrogens is 1190 g/mol. The van der Waals surface area contributed by atoms with Gasteiger partial charge in [0.05, 0.1) is 6.54 Å². The summed E-state index contributed by atoms with van der Waals surface area (Å²) in [6, 6.07) is 57.8. The Bertz CT molecular complexity index is 3990. The topological polar surface area (TPSA) is 217 Å². The molecule has 13 rings (SSSR count). The van der Waals surface area contributed by atoms with Crippen molar-refractivity contribution in [3.63, 3.8) is 0 Å². The zero-order valence-electron chi connectivity index (χ0n) is 52.8. The van der Waals surface area contributed by atoms with Crippen LogP contribution in [0.15, 0.2) is 197 Å². The van der Waals surface area contributed by atoms with Crippen molar-refractivity contribution in [3.05, 3.63) is 225 Å². The summed E-state index contributed by atoms with van der Waals surface area (Å²) < 4.78 is 0. The molecule has 7 aromatic carbocycles. The number of piperidine rings is 2. The number of halogens is 2. The van der Waals surface area contributed by atoms with Gasteiger partial charge in [-0.15, -0.1) is 0 Å². The van der Waals surface area contributed by atoms with Crippen molar-refractivity contribution in [1.82, 2.24) is 24.5 Å². The Balaban J connectivity index is 0.000000142. The maximum absolute atomic E-state index is 14.0. The molecule has 5 aliphatic heterocycles. The second-order valence-electron chi connectivity index (χ2n) is 25.9. The van der Waals surface area contributed by atoms with Crippen LogP contribution in [0.5, 0.6) is 0 Å². The number of carbonyl (C=O) groups excluding carboxylic acids is 5. The molecule has 18 heteroatoms. The van der Waals surface area contributed by atoms with Gasteiger partial charge in [0, 0.05) is 68.2 Å². The van der Waals surface area contributed by atoms with Crippen molar-refractivity contribution in [2.75, 3.05) is 39.8 Å². The lowest BCUT2D eigenvalue weighted by molar-refractivity contribution is -0.137. The third kappa shape index (κ3) is 12.9. The highest BCUT2D eigenvalue weighted by molar-refractivity contribution is 6.31. The summed E-state index contributed by atoms with van der Waals surface area (Å²) >= 11 is 12.4. The van der Waals surface area contributed by atoms with E-state index in [9.17, 15) is 24.0 Å². The van der Waals surface area contributed by atoms with Gasteiger partial charge in [-0.2, -0.15) is 0 Å². The van der Waals surface area contributed by atoms with E-state index in [-0.39, 0.29) is 65.3 Å². The van der Waals surface area contributed by atoms with Crippen molar-refractivity contribution in [1.29, 1.82) is 0 Å². The molecule has 7 aromatic rings. The SMILES string of the molecule is CC(=O)N1CCCC(C2(c3cccc(-c4cccc(Cl)c4)c3)N=C(N)N(C)C2=O)C1.CC(C)(C)CN1C(=O)C(c2cccc(-c3cccc(Cl)c3)c2)(C2CC2)N=C1N.NC1=NC(c2ccccc2)(c2ccccc2)C(=O)N1Cc1cccc(C(=O)N2CCCCC2)c1. The number of guanidine groups is 3. The summed E-state index contributed by atoms with van der Waals surface area (Å²) in [5.74, 6) is 0.467. The van der Waals surface area contributed by atoms with Crippen molar-refractivity contribution in [3.8, 4) is 22.3 Å². The highest BCUT2D eigenvalue weighted by atomic mass is 35.5. The Morgan fingerprint density at radius 1 is 0.511 bits per heavy atom. The number of hydrogen-bond donors (Lipinski definition) is 3. The average Bonchev–Trinajstić information content (AvgIpc) is 1.57. The Morgan fingerprint density at radius 2 is 1.00 bits per heavy atom. The standard InChI is InChI=1S/C28H28N4O2.C23H25ClN4O2.C23H26ClN3O/c29-27-30-28(23-13-4-1-5-14-23,24-15-6-2-7-16-24)26(34)32(27)20-21-11-10-12-22(19-21)25(33)31-17-8-3-9-18-31;1-15(29)28-11-5-9-19(14-28)23(21(30)27(2)22(25)26-23)18-8-3-6-16(12-18)17-7-4-10-20(24)13-17;1-22(2,3)14-27-20(28)23(17-10-11-17,26-21(27)25)18-8-4-6-15(12-18)16-7-5-9-19(24)13-16/h1-2,4-7,10-16,19H,3,8-9,17-18,20H2,(H2,29,30);3-4,6-8,10,12-13,19H,5,9,11,14H2,1-2H3,(H2,25,26);4-9,12-13,17H,10-11,14H2,1-3H3,(H2,25,26). The van der Waals surface area contributed by atoms with Gasteiger partial charge in [0.25, 0.3) is 23.6 Å². The van der Waals surface area contributed by atoms with Gasteiger partial charge in [-0.25, -0.2) is 15.0 Å². The van der Waals surface area contributed by atoms with Crippen LogP contribution in [-0.4, -0.2) is 112 Å². The minimum absolute atomic E-state index is 0.00525. The number of likely N-dealkylation sites (N-methyl/N-ethyl adjacent to an activating group) is 1. The minimum Gasteiger partial charge on any atom is -0.369 e. The van der Waals surface area contributed by atoms with E-state index in [1.165, 1.54) is 16.2 Å². The van der Waals surface area contributed by atoms with Crippen LogP contribution in [-0.2, 0) is 42.3 Å². The van der Waals surface area contributed by atoms with E-state index < -0.39 is 16.6 Å². The molecule has 3 atom stereocenters. The number of hydrogen-bond acceptors (Lipinski definition) is 11. The molecule has 2 saturated heterocycles. The maximum atomic E-state index is 14.0. The van der Waals surface area contributed by atoms with E-state index in [1.807, 2.05) is 181 Å². The van der Waals surface area contributed by atoms with E-state index in [0.717, 1.165) is 102 Å². The van der Waals surface area contributed by atoms with Gasteiger partial charge in [-0.1, -0.05) is 177 Å². The van der Waals surface area contributed by atoms with Crippen molar-refractivity contribution < 1.29 is 24.0 Å². The molecular formula is C74H79Cl2N11O5. The first-order chi connectivity index (χ1) is 44.1. The number of nitrogens with zero attached hydrogens (tertiary/aromatic N) is 8. The number of carbonyl (C=O) groups is 5. The molecule has 0 radical (unpaired) electrons. The summed E-state index contributed by atoms with van der Waals surface area (Å²) in [7, 11) is 1.65. The highest BCUT2D eigenvalue weighted by Gasteiger charge is 2.59. The zero-order chi connectivity index (χ0) is 65.1. The summed E-state index contributed by atoms with van der Waals surface area (Å²) in [5.41, 5.74) is 24.1. The monoisotopic (exact) mass is 1270 g/mol. The summed E-state index contributed by atoms with van der Waals surface area (Å²) in [6.45, 7) is 11.4. The molecule has 6 N–H and O–H groups in total. The molecule has 1 aliphatic carbocycles. The van der Waals surface area contributed by atoms with Crippen molar-refractivity contribution in [2.45, 2.75) is 95.8 Å². The number of nitrogens with two attached hydrogens (primary N) is 3. The third-order valence-electron chi connectivity index (χ3n) is 18.2. The third-order valence-corrected chi connectivity index (χ3v) is 18.7. The minimum atomic E-state index is -1.23. The molecule has 92 heavy (non-hydrogen) atoms. The van der Waals surface area contributed by atoms with E-state index >= 15 is 0 Å². The lowest BCUT2D eigenvalue weighted by atomic mass is 9.73. The maximum Gasteiger partial charge on any atom is 0.266 e. The second kappa shape index (κ2) is 26.6. The number of benzene rings is 7. The molecule has 6 aliphatic rings. The highest BCUT2D eigenvalue weighted by Crippen LogP contribution is 2.53. The molecule has 3 unspecified atom stereocenters. The Labute approximate surface area is 548 Å². The van der Waals surface area contributed by atoms with Crippen LogP contribution in [0.4, 0.5) is 0 Å². The van der Waals surface area contributed by atoms with E-state index in [4.69, 9.17) is 55.4 Å². The summed E-state index contributed by atoms with van der Waals surface area (Å²) in [4.78, 5) is 88.7. The summed E-state index contributed by atoms with van der Waals surface area (Å²) in [6.07, 6.45) is 6.86. The van der Waals surface area contributed by atoms with Gasteiger partial charge in [0.15, 0.2) is 34.5 Å². The van der Waals surface area contributed by atoms with Crippen molar-refractivity contribution >= 4 is 70.6 Å². The first-order valence-electron chi connectivity index (χ1n) is 31.6. The van der Waals surface area contributed by atoms with Gasteiger partial charge in [0.1, 0.15) is 0 Å². The average molecular weight is 1270 g/mol. The van der Waals surface area contributed by atoms with Gasteiger partial charge in [-0.05, 0) is 155 Å². The molecule has 5 heterocycles. The van der Waals surface area contributed by atoms with Crippen molar-refractivity contribution in [2.24, 2.45) is 49.4 Å². The normalized spacial score (nSPS) is 21.2. The van der Waals surface area contributed by atoms with Crippen LogP contribution in [0.1, 0.15) is 111 Å². The van der Waals surface area contributed by atoms with Crippen LogP contribution in [0.25, 0.3) is 22.3 Å². The van der Waals surface area contributed by atoms with E-state index in [2.05, 4.69) is 26.8 Å². The predicted octanol–water partition coefficient (Wildman–Crippen LogP) is 12.0. The molecule has 5 amide bonds. The lowest BCUT2D eigenvalue weighted by Crippen LogP contribution is -2.51. The van der Waals surface area contributed by atoms with Gasteiger partial charge in [0.2, 0.25) is 5.91 Å². The Kier molecular flexibility index (Phi) is 18.6. The fraction of sp³-hybridized carbons (Fsp3) is 0.324. The first-order valence-corrected chi connectivity index (χ1v) is 32.3. The van der Waals surface area contributed by atoms with E-state index in [0.29, 0.717) is 41.2 Å². The molecule has 1 saturated carbocycles. The van der Waals surface area contributed by atoms with Crippen LogP contribution in [0.2, 0.25) is 10.0 Å².